The Balaban J connectivity index is -0.000000180. The minimum absolute atomic E-state index is 0. The summed E-state index contributed by atoms with van der Waals surface area (Å²) in [5.74, 6) is -0.928. The second-order valence-electron chi connectivity index (χ2n) is 0.823. The molecule has 0 aliphatic rings. The molecule has 0 unspecified atom stereocenters. The summed E-state index contributed by atoms with van der Waals surface area (Å²) in [7, 11) is 0. The molecule has 0 aromatic rings. The van der Waals surface area contributed by atoms with Crippen molar-refractivity contribution in [3.63, 3.8) is 0 Å². The Morgan fingerprint density at radius 2 is 2.11 bits per heavy atom. The van der Waals surface area contributed by atoms with Crippen molar-refractivity contribution in [1.29, 1.82) is 0 Å². The summed E-state index contributed by atoms with van der Waals surface area (Å²) in [5.41, 5.74) is 0. The SMILES string of the molecule is CCOC(=O)[C-]=O.[K+].[OH-]. The van der Waals surface area contributed by atoms with Gasteiger partial charge in [0.25, 0.3) is 0 Å². The van der Waals surface area contributed by atoms with Gasteiger partial charge in [0.2, 0.25) is 0 Å². The standard InChI is InChI=1S/C4H5O3.K.H2O/c1-2-7-4(6)3-5;;/h2H2,1H3;;1H2/q-1;+1;/p-1. The predicted molar refractivity (Wildman–Crippen MR) is 24.3 cm³/mol. The maximum Gasteiger partial charge on any atom is 1.00 e. The normalized spacial score (nSPS) is 5.89. The molecule has 0 aliphatic heterocycles. The summed E-state index contributed by atoms with van der Waals surface area (Å²) in [5, 5.41) is 0. The van der Waals surface area contributed by atoms with Crippen LogP contribution in [0.2, 0.25) is 0 Å². The molecule has 0 bridgehead atoms. The molecule has 0 heterocycles. The molecule has 0 rings (SSSR count). The Morgan fingerprint density at radius 3 is 2.22 bits per heavy atom. The number of carbonyl (C=O) groups is 1. The topological polar surface area (TPSA) is 73.4 Å². The van der Waals surface area contributed by atoms with Crippen LogP contribution in [0, 0.1) is 0 Å². The molecular formula is C4H6KO4-. The third kappa shape index (κ3) is 12.0. The van der Waals surface area contributed by atoms with Crippen LogP contribution in [0.5, 0.6) is 0 Å². The third-order valence-corrected chi connectivity index (χ3v) is 0.359. The number of carbonyl (C=O) groups excluding carboxylic acids is 2. The van der Waals surface area contributed by atoms with Crippen molar-refractivity contribution in [2.24, 2.45) is 0 Å². The van der Waals surface area contributed by atoms with Gasteiger partial charge in [-0.05, 0) is 6.92 Å². The van der Waals surface area contributed by atoms with Gasteiger partial charge < -0.3 is 15.0 Å². The van der Waals surface area contributed by atoms with Gasteiger partial charge in [-0.25, -0.2) is 0 Å². The monoisotopic (exact) mass is 157 g/mol. The molecule has 0 amide bonds. The Hall–Kier alpha value is 0.736. The maximum absolute atomic E-state index is 9.77. The molecule has 0 saturated carbocycles. The van der Waals surface area contributed by atoms with Crippen molar-refractivity contribution in [2.75, 3.05) is 6.61 Å². The summed E-state index contributed by atoms with van der Waals surface area (Å²) >= 11 is 0. The zero-order valence-corrected chi connectivity index (χ0v) is 8.50. The van der Waals surface area contributed by atoms with Crippen LogP contribution in [-0.2, 0) is 14.3 Å². The number of ether oxygens (including phenoxy) is 1. The first-order valence-electron chi connectivity index (χ1n) is 1.86. The molecule has 48 valence electrons. The molecule has 5 heteroatoms. The molecule has 0 atom stereocenters. The van der Waals surface area contributed by atoms with Crippen LogP contribution in [0.4, 0.5) is 0 Å². The summed E-state index contributed by atoms with van der Waals surface area (Å²) in [6, 6.07) is 0. The Bertz CT molecular complexity index is 82.6. The second kappa shape index (κ2) is 11.5. The van der Waals surface area contributed by atoms with Crippen LogP contribution >= 0.6 is 0 Å². The largest absolute Gasteiger partial charge is 1.00 e. The third-order valence-electron chi connectivity index (χ3n) is 0.359. The van der Waals surface area contributed by atoms with Crippen LogP contribution in [0.1, 0.15) is 6.92 Å². The van der Waals surface area contributed by atoms with Gasteiger partial charge in [0.15, 0.2) is 5.97 Å². The Morgan fingerprint density at radius 1 is 1.67 bits per heavy atom. The molecule has 1 N–H and O–H groups in total. The van der Waals surface area contributed by atoms with Crippen LogP contribution in [0.3, 0.4) is 0 Å². The molecule has 0 aliphatic carbocycles. The fourth-order valence-electron chi connectivity index (χ4n) is 0.161. The minimum atomic E-state index is -0.928. The second-order valence-corrected chi connectivity index (χ2v) is 0.823. The first-order chi connectivity index (χ1) is 3.31. The first-order valence-corrected chi connectivity index (χ1v) is 1.86. The van der Waals surface area contributed by atoms with Gasteiger partial charge in [-0.1, -0.05) is 0 Å². The molecular weight excluding hydrogens is 151 g/mol. The van der Waals surface area contributed by atoms with Crippen molar-refractivity contribution < 1.29 is 71.2 Å². The van der Waals surface area contributed by atoms with Gasteiger partial charge >= 0.3 is 51.4 Å². The zero-order chi connectivity index (χ0) is 5.70. The number of esters is 1. The van der Waals surface area contributed by atoms with E-state index in [-0.39, 0.29) is 63.5 Å². The van der Waals surface area contributed by atoms with E-state index in [0.29, 0.717) is 0 Å². The summed E-state index contributed by atoms with van der Waals surface area (Å²) in [6.45, 7) is 1.85. The van der Waals surface area contributed by atoms with E-state index >= 15 is 0 Å². The van der Waals surface area contributed by atoms with Crippen molar-refractivity contribution >= 4 is 12.3 Å². The first kappa shape index (κ1) is 16.4. The van der Waals surface area contributed by atoms with E-state index in [4.69, 9.17) is 0 Å². The van der Waals surface area contributed by atoms with Crippen molar-refractivity contribution in [1.82, 2.24) is 0 Å². The van der Waals surface area contributed by atoms with E-state index in [1.807, 2.05) is 0 Å². The Labute approximate surface area is 95.7 Å². The van der Waals surface area contributed by atoms with Gasteiger partial charge in [-0.15, -0.1) is 0 Å². The Kier molecular flexibility index (Phi) is 21.0. The molecule has 0 aromatic carbocycles. The zero-order valence-electron chi connectivity index (χ0n) is 5.38. The predicted octanol–water partition coefficient (Wildman–Crippen LogP) is -3.51. The van der Waals surface area contributed by atoms with Gasteiger partial charge in [0, 0.05) is 0 Å². The van der Waals surface area contributed by atoms with Gasteiger partial charge in [-0.3, -0.25) is 4.79 Å². The van der Waals surface area contributed by atoms with E-state index in [1.54, 1.807) is 6.92 Å². The van der Waals surface area contributed by atoms with Crippen LogP contribution < -0.4 is 51.4 Å². The number of hydrogen-bond donors (Lipinski definition) is 0. The van der Waals surface area contributed by atoms with E-state index in [9.17, 15) is 9.59 Å². The molecule has 0 aromatic heterocycles. The molecule has 0 radical (unpaired) electrons. The molecule has 0 saturated heterocycles. The maximum atomic E-state index is 9.77. The van der Waals surface area contributed by atoms with E-state index in [2.05, 4.69) is 4.74 Å². The summed E-state index contributed by atoms with van der Waals surface area (Å²) in [4.78, 5) is 19.1. The van der Waals surface area contributed by atoms with Gasteiger partial charge in [0.05, 0.1) is 6.61 Å². The summed E-state index contributed by atoms with van der Waals surface area (Å²) in [6.07, 6.45) is 1.05. The quantitative estimate of drug-likeness (QED) is 0.180. The average Bonchev–Trinajstić information content (AvgIpc) is 1.68. The van der Waals surface area contributed by atoms with E-state index in [1.165, 1.54) is 0 Å². The van der Waals surface area contributed by atoms with E-state index < -0.39 is 5.97 Å². The minimum Gasteiger partial charge on any atom is -0.870 e. The van der Waals surface area contributed by atoms with Crippen LogP contribution in [-0.4, -0.2) is 24.3 Å². The van der Waals surface area contributed by atoms with Crippen LogP contribution in [0.15, 0.2) is 0 Å². The van der Waals surface area contributed by atoms with Gasteiger partial charge in [0.1, 0.15) is 0 Å². The number of hydrogen-bond acceptors (Lipinski definition) is 4. The van der Waals surface area contributed by atoms with Crippen molar-refractivity contribution in [3.8, 4) is 0 Å². The molecule has 4 nitrogen and oxygen atoms in total. The van der Waals surface area contributed by atoms with Gasteiger partial charge in [-0.2, -0.15) is 6.29 Å². The smallest absolute Gasteiger partial charge is 0.870 e. The number of rotatable bonds is 2. The molecule has 0 spiro atoms. The average molecular weight is 157 g/mol. The molecule has 9 heavy (non-hydrogen) atoms. The van der Waals surface area contributed by atoms with Crippen molar-refractivity contribution in [2.45, 2.75) is 6.92 Å². The fraction of sp³-hybridized carbons (Fsp3) is 0.500. The fourth-order valence-corrected chi connectivity index (χ4v) is 0.161. The van der Waals surface area contributed by atoms with Crippen LogP contribution in [0.25, 0.3) is 0 Å². The van der Waals surface area contributed by atoms with Crippen molar-refractivity contribution in [3.05, 3.63) is 0 Å². The van der Waals surface area contributed by atoms with E-state index in [0.717, 1.165) is 6.29 Å². The molecule has 0 fully saturated rings. The summed E-state index contributed by atoms with van der Waals surface area (Å²) < 4.78 is 4.13.